The maximum Gasteiger partial charge on any atom is 0.253 e. The molecule has 0 aliphatic rings. The van der Waals surface area contributed by atoms with Gasteiger partial charge in [-0.1, -0.05) is 26.0 Å². The Morgan fingerprint density at radius 1 is 1.12 bits per heavy atom. The largest absolute Gasteiger partial charge is 0.335 e. The molecule has 1 N–H and O–H groups in total. The van der Waals surface area contributed by atoms with Crippen LogP contribution < -0.4 is 5.32 Å². The topological polar surface area (TPSA) is 62.3 Å². The van der Waals surface area contributed by atoms with Gasteiger partial charge < -0.3 is 10.2 Å². The van der Waals surface area contributed by atoms with E-state index in [1.165, 1.54) is 0 Å². The zero-order chi connectivity index (χ0) is 18.7. The Morgan fingerprint density at radius 3 is 2.46 bits per heavy atom. The molecule has 134 valence electrons. The number of hydrogen-bond acceptors (Lipinski definition) is 4. The molecule has 0 fully saturated rings. The first-order valence-electron chi connectivity index (χ1n) is 8.45. The van der Waals surface area contributed by atoms with Gasteiger partial charge in [0.2, 0.25) is 5.91 Å². The van der Waals surface area contributed by atoms with Gasteiger partial charge in [0.1, 0.15) is 5.01 Å². The number of amides is 2. The number of carbonyl (C=O) groups excluding carboxylic acids is 2. The van der Waals surface area contributed by atoms with Crippen LogP contribution in [0.1, 0.15) is 29.2 Å². The summed E-state index contributed by atoms with van der Waals surface area (Å²) in [7, 11) is 1.77. The number of nitrogens with zero attached hydrogens (tertiary/aromatic N) is 2. The fraction of sp³-hybridized carbons (Fsp3) is 0.250. The summed E-state index contributed by atoms with van der Waals surface area (Å²) in [5.74, 6) is -0.209. The van der Waals surface area contributed by atoms with Crippen molar-refractivity contribution < 1.29 is 9.59 Å². The lowest BCUT2D eigenvalue weighted by molar-refractivity contribution is -0.118. The second-order valence-electron chi connectivity index (χ2n) is 6.46. The standard InChI is InChI=1S/C20H21N3O2S/c1-13(2)19(24)21-15-10-8-14(9-11-15)20(25)23(3)12-18-22-16-6-4-5-7-17(16)26-18/h4-11,13H,12H2,1-3H3,(H,21,24). The van der Waals surface area contributed by atoms with Crippen LogP contribution in [0.15, 0.2) is 48.5 Å². The highest BCUT2D eigenvalue weighted by molar-refractivity contribution is 7.18. The lowest BCUT2D eigenvalue weighted by Gasteiger charge is -2.16. The number of rotatable bonds is 5. The minimum absolute atomic E-state index is 0.0444. The number of benzene rings is 2. The molecule has 0 bridgehead atoms. The molecule has 0 aliphatic heterocycles. The van der Waals surface area contributed by atoms with Gasteiger partial charge in [0.15, 0.2) is 0 Å². The SMILES string of the molecule is CC(C)C(=O)Nc1ccc(C(=O)N(C)Cc2nc3ccccc3s2)cc1. The number of nitrogens with one attached hydrogen (secondary N) is 1. The fourth-order valence-corrected chi connectivity index (χ4v) is 3.49. The molecule has 0 atom stereocenters. The first kappa shape index (κ1) is 18.1. The van der Waals surface area contributed by atoms with Crippen LogP contribution in [-0.2, 0) is 11.3 Å². The van der Waals surface area contributed by atoms with Crippen LogP contribution in [0.5, 0.6) is 0 Å². The number of fused-ring (bicyclic) bond motifs is 1. The molecule has 0 unspecified atom stereocenters. The van der Waals surface area contributed by atoms with Gasteiger partial charge in [-0.15, -0.1) is 11.3 Å². The average molecular weight is 367 g/mol. The number of para-hydroxylation sites is 1. The van der Waals surface area contributed by atoms with Crippen molar-refractivity contribution in [3.63, 3.8) is 0 Å². The van der Waals surface area contributed by atoms with E-state index < -0.39 is 0 Å². The third-order valence-corrected chi connectivity index (χ3v) is 5.00. The van der Waals surface area contributed by atoms with E-state index >= 15 is 0 Å². The summed E-state index contributed by atoms with van der Waals surface area (Å²) in [5.41, 5.74) is 2.23. The molecule has 3 aromatic rings. The summed E-state index contributed by atoms with van der Waals surface area (Å²) >= 11 is 1.60. The first-order chi connectivity index (χ1) is 12.4. The monoisotopic (exact) mass is 367 g/mol. The molecule has 2 amide bonds. The highest BCUT2D eigenvalue weighted by atomic mass is 32.1. The van der Waals surface area contributed by atoms with E-state index in [1.807, 2.05) is 38.1 Å². The third-order valence-electron chi connectivity index (χ3n) is 3.98. The van der Waals surface area contributed by atoms with Crippen molar-refractivity contribution >= 4 is 39.1 Å². The van der Waals surface area contributed by atoms with Crippen LogP contribution in [0, 0.1) is 5.92 Å². The highest BCUT2D eigenvalue weighted by Crippen LogP contribution is 2.23. The summed E-state index contributed by atoms with van der Waals surface area (Å²) in [6, 6.07) is 14.9. The van der Waals surface area contributed by atoms with Gasteiger partial charge in [-0.3, -0.25) is 9.59 Å². The minimum Gasteiger partial charge on any atom is -0.335 e. The molecule has 0 saturated carbocycles. The van der Waals surface area contributed by atoms with Crippen molar-refractivity contribution in [1.29, 1.82) is 0 Å². The molecule has 1 heterocycles. The summed E-state index contributed by atoms with van der Waals surface area (Å²) in [5, 5.41) is 3.72. The van der Waals surface area contributed by atoms with E-state index in [9.17, 15) is 9.59 Å². The average Bonchev–Trinajstić information content (AvgIpc) is 3.03. The normalized spacial score (nSPS) is 10.9. The van der Waals surface area contributed by atoms with Gasteiger partial charge in [-0.2, -0.15) is 0 Å². The molecule has 2 aromatic carbocycles. The fourth-order valence-electron chi connectivity index (χ4n) is 2.47. The van der Waals surface area contributed by atoms with Crippen LogP contribution in [0.25, 0.3) is 10.2 Å². The van der Waals surface area contributed by atoms with Crippen LogP contribution in [0.4, 0.5) is 5.69 Å². The lowest BCUT2D eigenvalue weighted by Crippen LogP contribution is -2.26. The Labute approximate surface area is 156 Å². The van der Waals surface area contributed by atoms with E-state index in [-0.39, 0.29) is 17.7 Å². The number of thiazole rings is 1. The predicted molar refractivity (Wildman–Crippen MR) is 105 cm³/mol. The molecule has 3 rings (SSSR count). The predicted octanol–water partition coefficient (Wildman–Crippen LogP) is 4.16. The Hall–Kier alpha value is -2.73. The van der Waals surface area contributed by atoms with E-state index in [0.717, 1.165) is 15.2 Å². The lowest BCUT2D eigenvalue weighted by atomic mass is 10.1. The number of hydrogen-bond donors (Lipinski definition) is 1. The van der Waals surface area contributed by atoms with Crippen LogP contribution in [-0.4, -0.2) is 28.7 Å². The van der Waals surface area contributed by atoms with Crippen molar-refractivity contribution in [3.8, 4) is 0 Å². The molecule has 0 saturated heterocycles. The summed E-state index contributed by atoms with van der Waals surface area (Å²) in [4.78, 5) is 30.6. The Bertz CT molecular complexity index is 899. The molecule has 5 nitrogen and oxygen atoms in total. The molecule has 6 heteroatoms. The molecule has 0 radical (unpaired) electrons. The van der Waals surface area contributed by atoms with Crippen molar-refractivity contribution in [2.75, 3.05) is 12.4 Å². The van der Waals surface area contributed by atoms with Crippen molar-refractivity contribution in [1.82, 2.24) is 9.88 Å². The third kappa shape index (κ3) is 4.08. The Kier molecular flexibility index (Phi) is 5.32. The Morgan fingerprint density at radius 2 is 1.81 bits per heavy atom. The van der Waals surface area contributed by atoms with Crippen LogP contribution in [0.3, 0.4) is 0 Å². The molecular formula is C20H21N3O2S. The quantitative estimate of drug-likeness (QED) is 0.736. The molecular weight excluding hydrogens is 346 g/mol. The number of carbonyl (C=O) groups is 2. The molecule has 0 spiro atoms. The van der Waals surface area contributed by atoms with Gasteiger partial charge in [0.25, 0.3) is 5.91 Å². The van der Waals surface area contributed by atoms with Crippen LogP contribution >= 0.6 is 11.3 Å². The van der Waals surface area contributed by atoms with E-state index in [0.29, 0.717) is 17.8 Å². The van der Waals surface area contributed by atoms with Crippen molar-refractivity contribution in [2.24, 2.45) is 5.92 Å². The molecule has 26 heavy (non-hydrogen) atoms. The molecule has 1 aromatic heterocycles. The van der Waals surface area contributed by atoms with Gasteiger partial charge in [-0.25, -0.2) is 4.98 Å². The van der Waals surface area contributed by atoms with E-state index in [1.54, 1.807) is 47.5 Å². The maximum atomic E-state index is 12.6. The van der Waals surface area contributed by atoms with Gasteiger partial charge in [0.05, 0.1) is 16.8 Å². The second-order valence-corrected chi connectivity index (χ2v) is 7.57. The van der Waals surface area contributed by atoms with Gasteiger partial charge in [-0.05, 0) is 36.4 Å². The summed E-state index contributed by atoms with van der Waals surface area (Å²) in [6.07, 6.45) is 0. The summed E-state index contributed by atoms with van der Waals surface area (Å²) in [6.45, 7) is 4.14. The minimum atomic E-state index is -0.0868. The molecule has 0 aliphatic carbocycles. The maximum absolute atomic E-state index is 12.6. The Balaban J connectivity index is 1.67. The van der Waals surface area contributed by atoms with E-state index in [2.05, 4.69) is 10.3 Å². The van der Waals surface area contributed by atoms with Crippen molar-refractivity contribution in [2.45, 2.75) is 20.4 Å². The summed E-state index contributed by atoms with van der Waals surface area (Å²) < 4.78 is 1.12. The zero-order valence-electron chi connectivity index (χ0n) is 15.0. The van der Waals surface area contributed by atoms with Gasteiger partial charge in [0, 0.05) is 24.2 Å². The second kappa shape index (κ2) is 7.66. The zero-order valence-corrected chi connectivity index (χ0v) is 15.8. The first-order valence-corrected chi connectivity index (χ1v) is 9.26. The highest BCUT2D eigenvalue weighted by Gasteiger charge is 2.15. The smallest absolute Gasteiger partial charge is 0.253 e. The van der Waals surface area contributed by atoms with Gasteiger partial charge >= 0.3 is 0 Å². The van der Waals surface area contributed by atoms with Crippen LogP contribution in [0.2, 0.25) is 0 Å². The number of anilines is 1. The number of aromatic nitrogens is 1. The van der Waals surface area contributed by atoms with E-state index in [4.69, 9.17) is 0 Å². The van der Waals surface area contributed by atoms with Crippen molar-refractivity contribution in [3.05, 3.63) is 59.1 Å².